The quantitative estimate of drug-likeness (QED) is 0.412. The van der Waals surface area contributed by atoms with Crippen molar-refractivity contribution in [3.63, 3.8) is 0 Å². The molecule has 0 aliphatic rings. The van der Waals surface area contributed by atoms with Gasteiger partial charge < -0.3 is 5.32 Å². The summed E-state index contributed by atoms with van der Waals surface area (Å²) in [7, 11) is 0. The van der Waals surface area contributed by atoms with E-state index in [1.807, 2.05) is 31.2 Å². The molecular weight excluding hydrogens is 459 g/mol. The molecule has 31 heavy (non-hydrogen) atoms. The van der Waals surface area contributed by atoms with E-state index in [-0.39, 0.29) is 23.0 Å². The third-order valence-electron chi connectivity index (χ3n) is 4.35. The Balaban J connectivity index is 1.50. The fraction of sp³-hybridized carbons (Fsp3) is 0.150. The largest absolute Gasteiger partial charge is 0.324 e. The van der Waals surface area contributed by atoms with Gasteiger partial charge in [0.15, 0.2) is 0 Å². The van der Waals surface area contributed by atoms with Crippen molar-refractivity contribution in [1.82, 2.24) is 24.8 Å². The van der Waals surface area contributed by atoms with E-state index in [0.29, 0.717) is 33.0 Å². The first-order valence-corrected chi connectivity index (χ1v) is 10.9. The lowest BCUT2D eigenvalue weighted by Gasteiger charge is -2.07. The smallest absolute Gasteiger partial charge is 0.274 e. The van der Waals surface area contributed by atoms with Crippen LogP contribution in [0.15, 0.2) is 52.4 Å². The van der Waals surface area contributed by atoms with Crippen molar-refractivity contribution in [3.8, 4) is 0 Å². The lowest BCUT2D eigenvalue weighted by molar-refractivity contribution is -0.113. The zero-order valence-electron chi connectivity index (χ0n) is 16.2. The van der Waals surface area contributed by atoms with Gasteiger partial charge in [-0.2, -0.15) is 9.61 Å². The topological polar surface area (TPSA) is 105 Å². The maximum atomic E-state index is 12.3. The maximum Gasteiger partial charge on any atom is 0.274 e. The molecule has 0 saturated carbocycles. The minimum atomic E-state index is -0.328. The average molecular weight is 475 g/mol. The third kappa shape index (κ3) is 5.07. The van der Waals surface area contributed by atoms with E-state index in [2.05, 4.69) is 25.6 Å². The number of nitrogens with zero attached hydrogens (tertiary/aromatic N) is 4. The molecule has 1 amide bonds. The predicted molar refractivity (Wildman–Crippen MR) is 121 cm³/mol. The first-order chi connectivity index (χ1) is 14.9. The van der Waals surface area contributed by atoms with Gasteiger partial charge in [0.25, 0.3) is 11.3 Å². The minimum Gasteiger partial charge on any atom is -0.324 e. The summed E-state index contributed by atoms with van der Waals surface area (Å²) < 4.78 is 1.43. The van der Waals surface area contributed by atoms with Gasteiger partial charge in [0.05, 0.1) is 16.5 Å². The fourth-order valence-corrected chi connectivity index (χ4v) is 3.81. The number of hydrogen-bond donors (Lipinski definition) is 2. The molecule has 2 N–H and O–H groups in total. The second kappa shape index (κ2) is 9.09. The standard InChI is InChI=1S/C20H16Cl2N6O2S/c1-11-2-4-12(5-3-11)8-16-18(30)24-19-25-26-20(28(19)27-16)31-10-17(29)23-15-9-13(21)6-7-14(15)22/h2-7,9H,8,10H2,1H3,(H,23,29)(H,24,25,30). The molecular formula is C20H16Cl2N6O2S. The average Bonchev–Trinajstić information content (AvgIpc) is 3.12. The Morgan fingerprint density at radius 2 is 1.94 bits per heavy atom. The molecule has 2 aromatic heterocycles. The van der Waals surface area contributed by atoms with Gasteiger partial charge in [0.1, 0.15) is 5.69 Å². The highest BCUT2D eigenvalue weighted by Gasteiger charge is 2.14. The van der Waals surface area contributed by atoms with Crippen molar-refractivity contribution in [1.29, 1.82) is 0 Å². The number of aryl methyl sites for hydroxylation is 1. The van der Waals surface area contributed by atoms with Gasteiger partial charge in [-0.1, -0.05) is 64.8 Å². The first kappa shape index (κ1) is 21.4. The van der Waals surface area contributed by atoms with Crippen LogP contribution in [-0.4, -0.2) is 36.5 Å². The minimum absolute atomic E-state index is 0.0394. The molecule has 0 saturated heterocycles. The number of fused-ring (bicyclic) bond motifs is 1. The van der Waals surface area contributed by atoms with Gasteiger partial charge in [-0.05, 0) is 30.7 Å². The SMILES string of the molecule is Cc1ccc(Cc2nn3c(SCC(=O)Nc4cc(Cl)ccc4Cl)nnc3[nH]c2=O)cc1. The molecule has 0 aliphatic carbocycles. The fourth-order valence-electron chi connectivity index (χ4n) is 2.79. The number of rotatable bonds is 6. The lowest BCUT2D eigenvalue weighted by Crippen LogP contribution is -2.19. The summed E-state index contributed by atoms with van der Waals surface area (Å²) in [4.78, 5) is 27.4. The Labute approximate surface area is 191 Å². The van der Waals surface area contributed by atoms with Crippen LogP contribution < -0.4 is 10.9 Å². The number of carbonyl (C=O) groups excluding carboxylic acids is 1. The predicted octanol–water partition coefficient (Wildman–Crippen LogP) is 3.75. The Kier molecular flexibility index (Phi) is 6.26. The van der Waals surface area contributed by atoms with Gasteiger partial charge in [-0.15, -0.1) is 10.2 Å². The highest BCUT2D eigenvalue weighted by atomic mass is 35.5. The van der Waals surface area contributed by atoms with E-state index in [4.69, 9.17) is 23.2 Å². The van der Waals surface area contributed by atoms with Crippen LogP contribution in [0.2, 0.25) is 10.0 Å². The molecule has 0 spiro atoms. The second-order valence-corrected chi connectivity index (χ2v) is 8.53. The van der Waals surface area contributed by atoms with Crippen LogP contribution in [0, 0.1) is 6.92 Å². The molecule has 4 aromatic rings. The van der Waals surface area contributed by atoms with Gasteiger partial charge in [-0.25, -0.2) is 0 Å². The zero-order valence-corrected chi connectivity index (χ0v) is 18.6. The van der Waals surface area contributed by atoms with Crippen molar-refractivity contribution in [2.24, 2.45) is 0 Å². The normalized spacial score (nSPS) is 11.1. The number of H-pyrrole nitrogens is 1. The molecule has 2 heterocycles. The van der Waals surface area contributed by atoms with Crippen LogP contribution in [0.4, 0.5) is 5.69 Å². The van der Waals surface area contributed by atoms with Crippen LogP contribution in [0.25, 0.3) is 5.78 Å². The maximum absolute atomic E-state index is 12.3. The summed E-state index contributed by atoms with van der Waals surface area (Å²) in [5.41, 5.74) is 2.52. The molecule has 0 fully saturated rings. The summed E-state index contributed by atoms with van der Waals surface area (Å²) in [6.45, 7) is 2.00. The molecule has 0 radical (unpaired) electrons. The molecule has 2 aromatic carbocycles. The van der Waals surface area contributed by atoms with Crippen LogP contribution in [0.1, 0.15) is 16.8 Å². The Bertz CT molecular complexity index is 1320. The van der Waals surface area contributed by atoms with Crippen molar-refractivity contribution in [3.05, 3.63) is 79.7 Å². The molecule has 4 rings (SSSR count). The molecule has 158 valence electrons. The number of carbonyl (C=O) groups is 1. The van der Waals surface area contributed by atoms with E-state index >= 15 is 0 Å². The van der Waals surface area contributed by atoms with Crippen molar-refractivity contribution >= 4 is 52.3 Å². The zero-order chi connectivity index (χ0) is 22.0. The van der Waals surface area contributed by atoms with Gasteiger partial charge in [-0.3, -0.25) is 14.6 Å². The molecule has 0 atom stereocenters. The van der Waals surface area contributed by atoms with Crippen molar-refractivity contribution < 1.29 is 4.79 Å². The van der Waals surface area contributed by atoms with E-state index in [1.54, 1.807) is 18.2 Å². The number of benzene rings is 2. The van der Waals surface area contributed by atoms with E-state index in [1.165, 1.54) is 4.52 Å². The molecule has 0 unspecified atom stereocenters. The number of nitrogens with one attached hydrogen (secondary N) is 2. The number of hydrogen-bond acceptors (Lipinski definition) is 6. The summed E-state index contributed by atoms with van der Waals surface area (Å²) in [5, 5.41) is 16.3. The van der Waals surface area contributed by atoms with E-state index in [0.717, 1.165) is 22.9 Å². The van der Waals surface area contributed by atoms with Gasteiger partial charge in [0.2, 0.25) is 11.1 Å². The van der Waals surface area contributed by atoms with Crippen LogP contribution in [0.5, 0.6) is 0 Å². The molecule has 8 nitrogen and oxygen atoms in total. The highest BCUT2D eigenvalue weighted by Crippen LogP contribution is 2.26. The monoisotopic (exact) mass is 474 g/mol. The van der Waals surface area contributed by atoms with Crippen LogP contribution in [0.3, 0.4) is 0 Å². The number of aromatic amines is 1. The van der Waals surface area contributed by atoms with E-state index in [9.17, 15) is 9.59 Å². The Morgan fingerprint density at radius 1 is 1.16 bits per heavy atom. The molecule has 0 bridgehead atoms. The molecule has 11 heteroatoms. The summed E-state index contributed by atoms with van der Waals surface area (Å²) in [6, 6.07) is 12.7. The summed E-state index contributed by atoms with van der Waals surface area (Å²) >= 11 is 13.2. The second-order valence-electron chi connectivity index (χ2n) is 6.74. The summed E-state index contributed by atoms with van der Waals surface area (Å²) in [6.07, 6.45) is 0.363. The Morgan fingerprint density at radius 3 is 2.71 bits per heavy atom. The summed E-state index contributed by atoms with van der Waals surface area (Å²) in [5.74, 6) is -0.0498. The Hall–Kier alpha value is -2.88. The van der Waals surface area contributed by atoms with Gasteiger partial charge >= 0.3 is 0 Å². The van der Waals surface area contributed by atoms with Gasteiger partial charge in [0, 0.05) is 11.4 Å². The van der Waals surface area contributed by atoms with Crippen LogP contribution >= 0.6 is 35.0 Å². The first-order valence-electron chi connectivity index (χ1n) is 9.17. The van der Waals surface area contributed by atoms with Crippen molar-refractivity contribution in [2.75, 3.05) is 11.1 Å². The number of amides is 1. The number of thioether (sulfide) groups is 1. The van der Waals surface area contributed by atoms with E-state index < -0.39 is 0 Å². The van der Waals surface area contributed by atoms with Crippen LogP contribution in [-0.2, 0) is 11.2 Å². The molecule has 0 aliphatic heterocycles. The number of aromatic nitrogens is 5. The number of anilines is 1. The lowest BCUT2D eigenvalue weighted by atomic mass is 10.1. The number of halogens is 2. The third-order valence-corrected chi connectivity index (χ3v) is 5.83. The van der Waals surface area contributed by atoms with Crippen molar-refractivity contribution in [2.45, 2.75) is 18.5 Å². The highest BCUT2D eigenvalue weighted by molar-refractivity contribution is 7.99.